The van der Waals surface area contributed by atoms with Gasteiger partial charge >= 0.3 is 0 Å². The third kappa shape index (κ3) is 3.30. The van der Waals surface area contributed by atoms with Crippen molar-refractivity contribution in [2.45, 2.75) is 33.2 Å². The lowest BCUT2D eigenvalue weighted by molar-refractivity contribution is 0.0891. The van der Waals surface area contributed by atoms with Crippen LogP contribution in [0.1, 0.15) is 36.5 Å². The van der Waals surface area contributed by atoms with Gasteiger partial charge in [-0.25, -0.2) is 0 Å². The van der Waals surface area contributed by atoms with Crippen LogP contribution < -0.4 is 5.32 Å². The summed E-state index contributed by atoms with van der Waals surface area (Å²) in [6.45, 7) is 5.70. The summed E-state index contributed by atoms with van der Waals surface area (Å²) in [5.74, 6) is 0.543. The monoisotopic (exact) mass is 303 g/mol. The number of para-hydroxylation sites is 1. The fourth-order valence-corrected chi connectivity index (χ4v) is 2.20. The Kier molecular flexibility index (Phi) is 5.21. The standard InChI is InChI=1S/C15H21N5O2/c1-4-10(2)13(9-21)16-15(22)12-7-5-6-8-14(12)20-11(3)17-18-19-20/h5-8,10,13,21H,4,9H2,1-3H3,(H,16,22). The van der Waals surface area contributed by atoms with Crippen molar-refractivity contribution in [3.8, 4) is 5.69 Å². The third-order valence-electron chi connectivity index (χ3n) is 3.85. The fourth-order valence-electron chi connectivity index (χ4n) is 2.20. The molecule has 22 heavy (non-hydrogen) atoms. The third-order valence-corrected chi connectivity index (χ3v) is 3.85. The topological polar surface area (TPSA) is 92.9 Å². The van der Waals surface area contributed by atoms with Gasteiger partial charge in [-0.3, -0.25) is 4.79 Å². The van der Waals surface area contributed by atoms with Crippen LogP contribution in [0.4, 0.5) is 0 Å². The first kappa shape index (κ1) is 16.1. The van der Waals surface area contributed by atoms with E-state index < -0.39 is 0 Å². The largest absolute Gasteiger partial charge is 0.394 e. The van der Waals surface area contributed by atoms with Gasteiger partial charge < -0.3 is 10.4 Å². The van der Waals surface area contributed by atoms with Crippen LogP contribution in [0.25, 0.3) is 5.69 Å². The Morgan fingerprint density at radius 1 is 1.41 bits per heavy atom. The van der Waals surface area contributed by atoms with Crippen LogP contribution >= 0.6 is 0 Å². The van der Waals surface area contributed by atoms with Crippen molar-refractivity contribution in [1.82, 2.24) is 25.5 Å². The maximum absolute atomic E-state index is 12.6. The molecule has 1 amide bonds. The van der Waals surface area contributed by atoms with E-state index >= 15 is 0 Å². The van der Waals surface area contributed by atoms with Crippen LogP contribution in [0.3, 0.4) is 0 Å². The Bertz CT molecular complexity index is 640. The van der Waals surface area contributed by atoms with Crippen LogP contribution in [0.2, 0.25) is 0 Å². The Morgan fingerprint density at radius 2 is 2.14 bits per heavy atom. The first-order valence-corrected chi connectivity index (χ1v) is 7.34. The molecule has 0 aliphatic heterocycles. The smallest absolute Gasteiger partial charge is 0.253 e. The van der Waals surface area contributed by atoms with E-state index in [4.69, 9.17) is 0 Å². The molecule has 0 spiro atoms. The second-order valence-electron chi connectivity index (χ2n) is 5.30. The van der Waals surface area contributed by atoms with Crippen LogP contribution in [-0.4, -0.2) is 43.9 Å². The number of nitrogens with one attached hydrogen (secondary N) is 1. The van der Waals surface area contributed by atoms with E-state index in [-0.39, 0.29) is 24.5 Å². The molecule has 0 saturated carbocycles. The van der Waals surface area contributed by atoms with Crippen molar-refractivity contribution in [3.63, 3.8) is 0 Å². The van der Waals surface area contributed by atoms with Crippen molar-refractivity contribution >= 4 is 5.91 Å². The molecule has 1 aromatic heterocycles. The number of rotatable bonds is 6. The zero-order valence-corrected chi connectivity index (χ0v) is 13.0. The fraction of sp³-hybridized carbons (Fsp3) is 0.467. The molecule has 2 atom stereocenters. The van der Waals surface area contributed by atoms with Gasteiger partial charge in [0, 0.05) is 0 Å². The molecular formula is C15H21N5O2. The highest BCUT2D eigenvalue weighted by Gasteiger charge is 2.21. The summed E-state index contributed by atoms with van der Waals surface area (Å²) in [5, 5.41) is 23.7. The normalized spacial score (nSPS) is 13.6. The van der Waals surface area contributed by atoms with E-state index in [9.17, 15) is 9.90 Å². The number of aliphatic hydroxyl groups excluding tert-OH is 1. The predicted octanol–water partition coefficient (Wildman–Crippen LogP) is 1.11. The summed E-state index contributed by atoms with van der Waals surface area (Å²) in [5.41, 5.74) is 1.09. The van der Waals surface area contributed by atoms with Gasteiger partial charge in [-0.2, -0.15) is 4.68 Å². The summed E-state index contributed by atoms with van der Waals surface area (Å²) >= 11 is 0. The van der Waals surface area contributed by atoms with Crippen LogP contribution in [0.5, 0.6) is 0 Å². The molecule has 7 heteroatoms. The molecule has 2 aromatic rings. The van der Waals surface area contributed by atoms with Gasteiger partial charge in [0.2, 0.25) is 0 Å². The molecule has 2 rings (SSSR count). The van der Waals surface area contributed by atoms with Gasteiger partial charge in [0.05, 0.1) is 23.9 Å². The Hall–Kier alpha value is -2.28. The highest BCUT2D eigenvalue weighted by molar-refractivity contribution is 5.97. The zero-order chi connectivity index (χ0) is 16.1. The number of aryl methyl sites for hydroxylation is 1. The molecule has 0 aliphatic rings. The van der Waals surface area contributed by atoms with Crippen molar-refractivity contribution in [1.29, 1.82) is 0 Å². The number of carbonyl (C=O) groups is 1. The summed E-state index contributed by atoms with van der Waals surface area (Å²) in [6, 6.07) is 6.84. The predicted molar refractivity (Wildman–Crippen MR) is 81.7 cm³/mol. The van der Waals surface area contributed by atoms with E-state index in [1.807, 2.05) is 19.9 Å². The lowest BCUT2D eigenvalue weighted by Crippen LogP contribution is -2.42. The zero-order valence-electron chi connectivity index (χ0n) is 13.0. The summed E-state index contributed by atoms with van der Waals surface area (Å²) in [7, 11) is 0. The molecule has 0 aliphatic carbocycles. The summed E-state index contributed by atoms with van der Waals surface area (Å²) in [6.07, 6.45) is 0.874. The van der Waals surface area contributed by atoms with Gasteiger partial charge in [0.15, 0.2) is 5.82 Å². The summed E-state index contributed by atoms with van der Waals surface area (Å²) in [4.78, 5) is 12.6. The minimum Gasteiger partial charge on any atom is -0.394 e. The van der Waals surface area contributed by atoms with Gasteiger partial charge in [-0.1, -0.05) is 32.4 Å². The van der Waals surface area contributed by atoms with Gasteiger partial charge in [0.1, 0.15) is 0 Å². The van der Waals surface area contributed by atoms with E-state index in [1.54, 1.807) is 25.1 Å². The van der Waals surface area contributed by atoms with E-state index in [0.29, 0.717) is 17.1 Å². The van der Waals surface area contributed by atoms with Gasteiger partial charge in [-0.05, 0) is 35.4 Å². The van der Waals surface area contributed by atoms with Crippen molar-refractivity contribution < 1.29 is 9.90 Å². The average Bonchev–Trinajstić information content (AvgIpc) is 2.97. The van der Waals surface area contributed by atoms with Crippen molar-refractivity contribution in [2.24, 2.45) is 5.92 Å². The molecule has 1 aromatic carbocycles. The average molecular weight is 303 g/mol. The van der Waals surface area contributed by atoms with E-state index in [2.05, 4.69) is 20.8 Å². The first-order chi connectivity index (χ1) is 10.6. The van der Waals surface area contributed by atoms with Crippen LogP contribution in [0.15, 0.2) is 24.3 Å². The molecular weight excluding hydrogens is 282 g/mol. The van der Waals surface area contributed by atoms with Gasteiger partial charge in [-0.15, -0.1) is 5.10 Å². The molecule has 0 saturated heterocycles. The lowest BCUT2D eigenvalue weighted by Gasteiger charge is -2.22. The SMILES string of the molecule is CCC(C)C(CO)NC(=O)c1ccccc1-n1nnnc1C. The second-order valence-corrected chi connectivity index (χ2v) is 5.30. The molecule has 0 radical (unpaired) electrons. The number of hydrogen-bond donors (Lipinski definition) is 2. The number of nitrogens with zero attached hydrogens (tertiary/aromatic N) is 4. The summed E-state index contributed by atoms with van der Waals surface area (Å²) < 4.78 is 1.52. The number of benzene rings is 1. The van der Waals surface area contributed by atoms with Crippen LogP contribution in [-0.2, 0) is 0 Å². The van der Waals surface area contributed by atoms with E-state index in [1.165, 1.54) is 4.68 Å². The molecule has 7 nitrogen and oxygen atoms in total. The Labute approximate surface area is 129 Å². The minimum atomic E-state index is -0.277. The number of aliphatic hydroxyl groups is 1. The molecule has 0 fully saturated rings. The second kappa shape index (κ2) is 7.13. The Balaban J connectivity index is 2.29. The number of tetrazole rings is 1. The van der Waals surface area contributed by atoms with Gasteiger partial charge in [0.25, 0.3) is 5.91 Å². The first-order valence-electron chi connectivity index (χ1n) is 7.34. The molecule has 2 N–H and O–H groups in total. The molecule has 118 valence electrons. The molecule has 0 bridgehead atoms. The van der Waals surface area contributed by atoms with Crippen molar-refractivity contribution in [3.05, 3.63) is 35.7 Å². The number of carbonyl (C=O) groups excluding carboxylic acids is 1. The molecule has 2 unspecified atom stereocenters. The number of amides is 1. The quantitative estimate of drug-likeness (QED) is 0.834. The van der Waals surface area contributed by atoms with E-state index in [0.717, 1.165) is 6.42 Å². The molecule has 1 heterocycles. The maximum atomic E-state index is 12.6. The highest BCUT2D eigenvalue weighted by atomic mass is 16.3. The number of aromatic nitrogens is 4. The number of hydrogen-bond acceptors (Lipinski definition) is 5. The lowest BCUT2D eigenvalue weighted by atomic mass is 9.99. The van der Waals surface area contributed by atoms with Crippen LogP contribution in [0, 0.1) is 12.8 Å². The minimum absolute atomic E-state index is 0.0905. The van der Waals surface area contributed by atoms with Crippen molar-refractivity contribution in [2.75, 3.05) is 6.61 Å². The maximum Gasteiger partial charge on any atom is 0.253 e. The Morgan fingerprint density at radius 3 is 2.73 bits per heavy atom. The highest BCUT2D eigenvalue weighted by Crippen LogP contribution is 2.15.